The summed E-state index contributed by atoms with van der Waals surface area (Å²) in [6.07, 6.45) is 0. The molecule has 1 aromatic heterocycles. The number of benzene rings is 1. The molecular formula is C8H8ClN3. The van der Waals surface area contributed by atoms with Crippen LogP contribution in [-0.4, -0.2) is 17.0 Å². The quantitative estimate of drug-likeness (QED) is 0.709. The van der Waals surface area contributed by atoms with Crippen molar-refractivity contribution in [2.45, 2.75) is 0 Å². The molecule has 0 saturated heterocycles. The van der Waals surface area contributed by atoms with Gasteiger partial charge in [0.2, 0.25) is 5.28 Å². The van der Waals surface area contributed by atoms with Crippen molar-refractivity contribution in [1.29, 1.82) is 0 Å². The maximum Gasteiger partial charge on any atom is 0.201 e. The van der Waals surface area contributed by atoms with Crippen LogP contribution in [0.25, 0.3) is 11.0 Å². The molecule has 0 fully saturated rings. The molecule has 1 aromatic carbocycles. The van der Waals surface area contributed by atoms with Crippen LogP contribution in [0.5, 0.6) is 0 Å². The highest BCUT2D eigenvalue weighted by molar-refractivity contribution is 6.29. The zero-order valence-corrected chi connectivity index (χ0v) is 7.31. The average molecular weight is 182 g/mol. The fraction of sp³-hybridized carbons (Fsp3) is 0.125. The van der Waals surface area contributed by atoms with Crippen LogP contribution in [0.4, 0.5) is 5.69 Å². The third-order valence-electron chi connectivity index (χ3n) is 1.75. The molecule has 0 atom stereocenters. The van der Waals surface area contributed by atoms with Gasteiger partial charge in [0.1, 0.15) is 5.52 Å². The molecular weight excluding hydrogens is 174 g/mol. The summed E-state index contributed by atoms with van der Waals surface area (Å²) in [6, 6.07) is 5.84. The van der Waals surface area contributed by atoms with Gasteiger partial charge in [0.15, 0.2) is 0 Å². The van der Waals surface area contributed by atoms with Crippen molar-refractivity contribution in [1.82, 2.24) is 9.97 Å². The lowest BCUT2D eigenvalue weighted by molar-refractivity contribution is 1.34. The Morgan fingerprint density at radius 3 is 3.08 bits per heavy atom. The van der Waals surface area contributed by atoms with E-state index in [2.05, 4.69) is 15.3 Å². The van der Waals surface area contributed by atoms with Crippen LogP contribution in [0.1, 0.15) is 0 Å². The van der Waals surface area contributed by atoms with Crippen molar-refractivity contribution in [3.05, 3.63) is 23.5 Å². The van der Waals surface area contributed by atoms with Crippen LogP contribution in [0.15, 0.2) is 18.2 Å². The van der Waals surface area contributed by atoms with Crippen LogP contribution in [0, 0.1) is 0 Å². The normalized spacial score (nSPS) is 10.5. The Morgan fingerprint density at radius 2 is 2.33 bits per heavy atom. The number of imidazole rings is 1. The number of aromatic amines is 1. The third-order valence-corrected chi connectivity index (χ3v) is 1.93. The van der Waals surface area contributed by atoms with Crippen molar-refractivity contribution in [2.24, 2.45) is 0 Å². The van der Waals surface area contributed by atoms with E-state index in [0.29, 0.717) is 5.28 Å². The Hall–Kier alpha value is -1.22. The smallest absolute Gasteiger partial charge is 0.201 e. The first kappa shape index (κ1) is 7.43. The zero-order chi connectivity index (χ0) is 8.55. The molecule has 3 nitrogen and oxygen atoms in total. The first-order valence-corrected chi connectivity index (χ1v) is 4.01. The van der Waals surface area contributed by atoms with E-state index in [0.717, 1.165) is 16.7 Å². The van der Waals surface area contributed by atoms with Gasteiger partial charge >= 0.3 is 0 Å². The summed E-state index contributed by atoms with van der Waals surface area (Å²) in [4.78, 5) is 7.08. The van der Waals surface area contributed by atoms with Crippen molar-refractivity contribution < 1.29 is 0 Å². The molecule has 0 radical (unpaired) electrons. The summed E-state index contributed by atoms with van der Waals surface area (Å²) >= 11 is 5.72. The van der Waals surface area contributed by atoms with Gasteiger partial charge in [-0.25, -0.2) is 4.98 Å². The van der Waals surface area contributed by atoms with E-state index in [1.165, 1.54) is 0 Å². The highest BCUT2D eigenvalue weighted by Gasteiger charge is 2.03. The number of anilines is 1. The topological polar surface area (TPSA) is 40.7 Å². The third kappa shape index (κ3) is 1.02. The van der Waals surface area contributed by atoms with Crippen molar-refractivity contribution in [2.75, 3.05) is 12.4 Å². The molecule has 12 heavy (non-hydrogen) atoms. The predicted octanol–water partition coefficient (Wildman–Crippen LogP) is 2.26. The van der Waals surface area contributed by atoms with Crippen LogP contribution in [0.2, 0.25) is 5.28 Å². The van der Waals surface area contributed by atoms with E-state index in [-0.39, 0.29) is 0 Å². The summed E-state index contributed by atoms with van der Waals surface area (Å²) in [7, 11) is 1.86. The summed E-state index contributed by atoms with van der Waals surface area (Å²) in [5.74, 6) is 0. The number of fused-ring (bicyclic) bond motifs is 1. The van der Waals surface area contributed by atoms with E-state index in [1.54, 1.807) is 0 Å². The van der Waals surface area contributed by atoms with Gasteiger partial charge in [0, 0.05) is 7.05 Å². The van der Waals surface area contributed by atoms with Crippen molar-refractivity contribution in [3.63, 3.8) is 0 Å². The van der Waals surface area contributed by atoms with Crippen LogP contribution in [-0.2, 0) is 0 Å². The van der Waals surface area contributed by atoms with Gasteiger partial charge in [-0.05, 0) is 23.7 Å². The van der Waals surface area contributed by atoms with Crippen LogP contribution in [0.3, 0.4) is 0 Å². The Bertz CT molecular complexity index is 408. The zero-order valence-electron chi connectivity index (χ0n) is 6.56. The molecule has 0 aliphatic carbocycles. The van der Waals surface area contributed by atoms with Gasteiger partial charge in [-0.2, -0.15) is 0 Å². The highest BCUT2D eigenvalue weighted by Crippen LogP contribution is 2.21. The first-order chi connectivity index (χ1) is 5.81. The molecule has 4 heteroatoms. The molecule has 2 N–H and O–H groups in total. The summed E-state index contributed by atoms with van der Waals surface area (Å²) in [5.41, 5.74) is 2.81. The first-order valence-electron chi connectivity index (χ1n) is 3.63. The molecule has 62 valence electrons. The Balaban J connectivity index is 2.78. The van der Waals surface area contributed by atoms with E-state index in [1.807, 2.05) is 25.2 Å². The van der Waals surface area contributed by atoms with Crippen molar-refractivity contribution in [3.8, 4) is 0 Å². The summed E-state index contributed by atoms with van der Waals surface area (Å²) < 4.78 is 0. The Morgan fingerprint density at radius 1 is 1.50 bits per heavy atom. The van der Waals surface area contributed by atoms with Gasteiger partial charge < -0.3 is 10.3 Å². The number of nitrogens with one attached hydrogen (secondary N) is 2. The highest BCUT2D eigenvalue weighted by atomic mass is 35.5. The SMILES string of the molecule is CNc1cccc2[nH]c(Cl)nc12. The van der Waals surface area contributed by atoms with Crippen LogP contribution >= 0.6 is 11.6 Å². The van der Waals surface area contributed by atoms with Gasteiger partial charge in [0.05, 0.1) is 11.2 Å². The monoisotopic (exact) mass is 181 g/mol. The second-order valence-electron chi connectivity index (χ2n) is 2.48. The van der Waals surface area contributed by atoms with Gasteiger partial charge in [-0.3, -0.25) is 0 Å². The number of hydrogen-bond donors (Lipinski definition) is 2. The van der Waals surface area contributed by atoms with E-state index in [9.17, 15) is 0 Å². The second-order valence-corrected chi connectivity index (χ2v) is 2.84. The van der Waals surface area contributed by atoms with Crippen molar-refractivity contribution >= 4 is 28.3 Å². The van der Waals surface area contributed by atoms with E-state index in [4.69, 9.17) is 11.6 Å². The molecule has 2 rings (SSSR count). The molecule has 0 spiro atoms. The molecule has 1 heterocycles. The van der Waals surface area contributed by atoms with Gasteiger partial charge in [0.25, 0.3) is 0 Å². The molecule has 0 saturated carbocycles. The van der Waals surface area contributed by atoms with E-state index < -0.39 is 0 Å². The lowest BCUT2D eigenvalue weighted by atomic mass is 10.3. The Labute approximate surface area is 74.8 Å². The largest absolute Gasteiger partial charge is 0.386 e. The lowest BCUT2D eigenvalue weighted by Gasteiger charge is -1.98. The fourth-order valence-corrected chi connectivity index (χ4v) is 1.39. The Kier molecular flexibility index (Phi) is 1.66. The minimum Gasteiger partial charge on any atom is -0.386 e. The lowest BCUT2D eigenvalue weighted by Crippen LogP contribution is -1.88. The number of halogens is 1. The molecule has 0 bridgehead atoms. The number of para-hydroxylation sites is 1. The summed E-state index contributed by atoms with van der Waals surface area (Å²) in [6.45, 7) is 0. The molecule has 2 aromatic rings. The average Bonchev–Trinajstić information content (AvgIpc) is 2.44. The van der Waals surface area contributed by atoms with Gasteiger partial charge in [-0.15, -0.1) is 0 Å². The second kappa shape index (κ2) is 2.68. The number of aromatic nitrogens is 2. The standard InChI is InChI=1S/C8H8ClN3/c1-10-5-3-2-4-6-7(5)12-8(9)11-6/h2-4,10H,1H3,(H,11,12). The van der Waals surface area contributed by atoms with Gasteiger partial charge in [-0.1, -0.05) is 6.07 Å². The minimum absolute atomic E-state index is 0.424. The predicted molar refractivity (Wildman–Crippen MR) is 50.7 cm³/mol. The molecule has 0 unspecified atom stereocenters. The number of nitrogens with zero attached hydrogens (tertiary/aromatic N) is 1. The maximum absolute atomic E-state index is 5.72. The number of H-pyrrole nitrogens is 1. The maximum atomic E-state index is 5.72. The minimum atomic E-state index is 0.424. The summed E-state index contributed by atoms with van der Waals surface area (Å²) in [5, 5.41) is 3.47. The van der Waals surface area contributed by atoms with E-state index >= 15 is 0 Å². The molecule has 0 amide bonds. The molecule has 0 aliphatic rings. The number of hydrogen-bond acceptors (Lipinski definition) is 2. The molecule has 0 aliphatic heterocycles. The van der Waals surface area contributed by atoms with Crippen LogP contribution < -0.4 is 5.32 Å². The fourth-order valence-electron chi connectivity index (χ4n) is 1.20. The number of rotatable bonds is 1.